The van der Waals surface area contributed by atoms with Crippen LogP contribution in [-0.2, 0) is 19.1 Å². The number of nitro benzene ring substituents is 1. The van der Waals surface area contributed by atoms with Gasteiger partial charge in [0.1, 0.15) is 24.8 Å². The molecule has 3 aliphatic heterocycles. The molecule has 3 aromatic carbocycles. The molecule has 0 saturated carbocycles. The molecule has 0 fully saturated rings. The van der Waals surface area contributed by atoms with Crippen LogP contribution < -0.4 is 0 Å². The maximum Gasteiger partial charge on any atom is 0.433 e. The van der Waals surface area contributed by atoms with Gasteiger partial charge in [-0.05, 0) is 29.8 Å². The number of halogens is 6. The van der Waals surface area contributed by atoms with Crippen molar-refractivity contribution < 1.29 is 69.5 Å². The molecular formula is C35H22F6N4O10. The molecule has 0 aliphatic carbocycles. The van der Waals surface area contributed by atoms with E-state index >= 15 is 0 Å². The Morgan fingerprint density at radius 3 is 1.62 bits per heavy atom. The minimum Gasteiger partial charge on any atom is -0.463 e. The van der Waals surface area contributed by atoms with Crippen LogP contribution in [0.15, 0.2) is 89.1 Å². The Bertz CT molecular complexity index is 2180. The van der Waals surface area contributed by atoms with E-state index in [-0.39, 0.29) is 22.3 Å². The van der Waals surface area contributed by atoms with Crippen molar-refractivity contribution in [3.8, 4) is 0 Å². The van der Waals surface area contributed by atoms with Gasteiger partial charge in [-0.15, -0.1) is 0 Å². The minimum atomic E-state index is -5.83. The van der Waals surface area contributed by atoms with Crippen molar-refractivity contribution in [3.05, 3.63) is 122 Å². The number of hydrogen-bond acceptors (Lipinski definition) is 11. The summed E-state index contributed by atoms with van der Waals surface area (Å²) in [7, 11) is 0. The second kappa shape index (κ2) is 14.3. The summed E-state index contributed by atoms with van der Waals surface area (Å²) in [5.74, 6) is -12.8. The molecule has 284 valence electrons. The van der Waals surface area contributed by atoms with E-state index in [1.165, 1.54) is 48.5 Å². The van der Waals surface area contributed by atoms with Crippen molar-refractivity contribution in [3.63, 3.8) is 0 Å². The fourth-order valence-electron chi connectivity index (χ4n) is 6.36. The van der Waals surface area contributed by atoms with Crippen LogP contribution in [-0.4, -0.2) is 94.7 Å². The molecule has 3 aliphatic rings. The molecule has 20 heteroatoms. The maximum atomic E-state index is 14.6. The van der Waals surface area contributed by atoms with Gasteiger partial charge in [-0.2, -0.15) is 26.3 Å². The largest absolute Gasteiger partial charge is 0.463 e. The van der Waals surface area contributed by atoms with E-state index in [1.54, 1.807) is 0 Å². The summed E-state index contributed by atoms with van der Waals surface area (Å²) in [6.45, 7) is -3.37. The molecule has 3 heterocycles. The van der Waals surface area contributed by atoms with Gasteiger partial charge in [0.25, 0.3) is 29.3 Å². The number of non-ortho nitro benzene ring substituents is 1. The fourth-order valence-corrected chi connectivity index (χ4v) is 6.36. The van der Waals surface area contributed by atoms with E-state index < -0.39 is 119 Å². The third kappa shape index (κ3) is 7.04. The number of aliphatic imine (C=N–C) groups is 1. The zero-order valence-electron chi connectivity index (χ0n) is 27.6. The molecule has 0 bridgehead atoms. The molecule has 14 nitrogen and oxygen atoms in total. The normalized spacial score (nSPS) is 18.3. The zero-order valence-corrected chi connectivity index (χ0v) is 27.6. The monoisotopic (exact) mass is 772 g/mol. The lowest BCUT2D eigenvalue weighted by Gasteiger charge is -2.34. The number of carbonyl (C=O) groups is 6. The first-order valence-electron chi connectivity index (χ1n) is 15.9. The van der Waals surface area contributed by atoms with E-state index in [2.05, 4.69) is 4.99 Å². The van der Waals surface area contributed by atoms with Crippen LogP contribution in [0.2, 0.25) is 0 Å². The van der Waals surface area contributed by atoms with Gasteiger partial charge in [-0.3, -0.25) is 43.9 Å². The highest BCUT2D eigenvalue weighted by molar-refractivity contribution is 6.22. The molecule has 0 aromatic heterocycles. The number of ether oxygens (including phenoxy) is 2. The van der Waals surface area contributed by atoms with Crippen LogP contribution in [0.1, 0.15) is 52.9 Å². The van der Waals surface area contributed by atoms with Crippen LogP contribution in [0.25, 0.3) is 0 Å². The van der Waals surface area contributed by atoms with Gasteiger partial charge < -0.3 is 9.47 Å². The molecular weight excluding hydrogens is 750 g/mol. The molecule has 2 atom stereocenters. The van der Waals surface area contributed by atoms with Crippen molar-refractivity contribution in [1.29, 1.82) is 0 Å². The highest BCUT2D eigenvalue weighted by atomic mass is 19.4. The Kier molecular flexibility index (Phi) is 9.85. The summed E-state index contributed by atoms with van der Waals surface area (Å²) < 4.78 is 97.6. The zero-order chi connectivity index (χ0) is 40.0. The van der Waals surface area contributed by atoms with Crippen LogP contribution in [0.3, 0.4) is 0 Å². The predicted molar refractivity (Wildman–Crippen MR) is 171 cm³/mol. The number of esters is 2. The molecule has 0 N–H and O–H groups in total. The third-order valence-corrected chi connectivity index (χ3v) is 8.76. The first kappa shape index (κ1) is 38.0. The van der Waals surface area contributed by atoms with Crippen molar-refractivity contribution in [2.75, 3.05) is 26.3 Å². The number of amides is 4. The Labute approximate surface area is 303 Å². The van der Waals surface area contributed by atoms with E-state index in [9.17, 15) is 65.2 Å². The first-order chi connectivity index (χ1) is 25.9. The van der Waals surface area contributed by atoms with Crippen molar-refractivity contribution in [2.45, 2.75) is 18.3 Å². The number of nitrogens with zero attached hydrogens (tertiary/aromatic N) is 4. The number of fused-ring (bicyclic) bond motifs is 2. The number of nitro groups is 1. The molecule has 4 amide bonds. The lowest BCUT2D eigenvalue weighted by molar-refractivity contribution is -0.384. The summed E-state index contributed by atoms with van der Waals surface area (Å²) in [5.41, 5.74) is -8.18. The predicted octanol–water partition coefficient (Wildman–Crippen LogP) is 4.81. The van der Waals surface area contributed by atoms with E-state index in [0.29, 0.717) is 15.9 Å². The van der Waals surface area contributed by atoms with Gasteiger partial charge in [0.2, 0.25) is 0 Å². The van der Waals surface area contributed by atoms with Gasteiger partial charge in [0.15, 0.2) is 5.70 Å². The highest BCUT2D eigenvalue weighted by Crippen LogP contribution is 2.48. The van der Waals surface area contributed by atoms with E-state index in [0.717, 1.165) is 18.2 Å². The Hall–Kier alpha value is -6.73. The third-order valence-electron chi connectivity index (χ3n) is 8.76. The standard InChI is InChI=1S/C35H22F6N4O10/c36-34(37,38)26-24(32(50)54-14-12-43-28(46)19-8-1-2-9-20(19)29(43)47)23(17-6-5-7-18(16-17)45(52)53)25(27(42-26)35(39,40)41)33(51)55-15-13-44-30(48)21-10-3-4-11-22(21)31(44)49/h1-11,16,23-24H,12-15H2. The van der Waals surface area contributed by atoms with Gasteiger partial charge >= 0.3 is 24.3 Å². The number of imide groups is 2. The summed E-state index contributed by atoms with van der Waals surface area (Å²) in [4.78, 5) is 92.8. The molecule has 6 rings (SSSR count). The minimum absolute atomic E-state index is 0.0145. The second-order valence-electron chi connectivity index (χ2n) is 12.0. The smallest absolute Gasteiger partial charge is 0.433 e. The lowest BCUT2D eigenvalue weighted by Crippen LogP contribution is -2.46. The molecule has 55 heavy (non-hydrogen) atoms. The Morgan fingerprint density at radius 2 is 1.18 bits per heavy atom. The fraction of sp³-hybridized carbons (Fsp3) is 0.229. The first-order valence-corrected chi connectivity index (χ1v) is 15.9. The summed E-state index contributed by atoms with van der Waals surface area (Å²) >= 11 is 0. The van der Waals surface area contributed by atoms with E-state index in [4.69, 9.17) is 9.47 Å². The highest BCUT2D eigenvalue weighted by Gasteiger charge is 2.57. The van der Waals surface area contributed by atoms with Gasteiger partial charge in [-0.25, -0.2) is 9.79 Å². The second-order valence-corrected chi connectivity index (χ2v) is 12.0. The molecule has 2 unspecified atom stereocenters. The van der Waals surface area contributed by atoms with Gasteiger partial charge in [0.05, 0.1) is 45.8 Å². The Morgan fingerprint density at radius 1 is 0.709 bits per heavy atom. The van der Waals surface area contributed by atoms with Crippen LogP contribution >= 0.6 is 0 Å². The molecule has 3 aromatic rings. The average Bonchev–Trinajstić information content (AvgIpc) is 3.53. The van der Waals surface area contributed by atoms with E-state index in [1.807, 2.05) is 0 Å². The molecule has 0 radical (unpaired) electrons. The number of alkyl halides is 6. The number of benzene rings is 3. The molecule has 0 spiro atoms. The van der Waals surface area contributed by atoms with Crippen molar-refractivity contribution in [2.24, 2.45) is 10.9 Å². The topological polar surface area (TPSA) is 183 Å². The lowest BCUT2D eigenvalue weighted by atomic mass is 9.74. The molecule has 0 saturated heterocycles. The van der Waals surface area contributed by atoms with Crippen molar-refractivity contribution in [1.82, 2.24) is 9.80 Å². The quantitative estimate of drug-likeness (QED) is 0.0912. The maximum absolute atomic E-state index is 14.6. The van der Waals surface area contributed by atoms with Crippen molar-refractivity contribution >= 4 is 47.0 Å². The van der Waals surface area contributed by atoms with Gasteiger partial charge in [-0.1, -0.05) is 36.4 Å². The van der Waals surface area contributed by atoms with Gasteiger partial charge in [0, 0.05) is 18.1 Å². The number of rotatable bonds is 10. The number of hydrogen-bond donors (Lipinski definition) is 0. The average molecular weight is 773 g/mol. The van der Waals surface area contributed by atoms with Crippen LogP contribution in [0.5, 0.6) is 0 Å². The summed E-state index contributed by atoms with van der Waals surface area (Å²) in [6, 6.07) is 14.2. The Balaban J connectivity index is 1.35. The van der Waals surface area contributed by atoms with Crippen LogP contribution in [0.4, 0.5) is 32.0 Å². The number of carbonyl (C=O) groups excluding carboxylic acids is 6. The number of allylic oxidation sites excluding steroid dienone is 1. The SMILES string of the molecule is O=C(OCCN1C(=O)c2ccccc2C1=O)C1=C(C(F)(F)F)N=C(C(F)(F)F)C(C(=O)OCCN2C(=O)c3ccccc3C2=O)C1c1cccc([N+](=O)[O-])c1. The summed E-state index contributed by atoms with van der Waals surface area (Å²) in [5, 5.41) is 11.6. The summed E-state index contributed by atoms with van der Waals surface area (Å²) in [6.07, 6.45) is -11.6. The van der Waals surface area contributed by atoms with Crippen LogP contribution in [0, 0.1) is 16.0 Å².